The second-order valence-electron chi connectivity index (χ2n) is 22.1. The zero-order valence-electron chi connectivity index (χ0n) is 54.4. The highest BCUT2D eigenvalue weighted by atomic mass is 32.2. The molecule has 0 aliphatic heterocycles. The number of nitrogens with zero attached hydrogens (tertiary/aromatic N) is 3. The van der Waals surface area contributed by atoms with E-state index in [0.29, 0.717) is 27.8 Å². The smallest absolute Gasteiger partial charge is 0.339 e. The maximum absolute atomic E-state index is 14.1. The Kier molecular flexibility index (Phi) is 26.5. The van der Waals surface area contributed by atoms with E-state index in [1.54, 1.807) is 58.0 Å². The van der Waals surface area contributed by atoms with Gasteiger partial charge in [0, 0.05) is 45.9 Å². The lowest BCUT2D eigenvalue weighted by Crippen LogP contribution is -2.15. The summed E-state index contributed by atoms with van der Waals surface area (Å²) in [6.45, 7) is 10.9. The number of nitrogens with one attached hydrogen (secondary N) is 3. The zero-order valence-corrected chi connectivity index (χ0v) is 56.9. The predicted octanol–water partition coefficient (Wildman–Crippen LogP) is 13.3. The minimum absolute atomic E-state index is 0.0408. The summed E-state index contributed by atoms with van der Waals surface area (Å²) >= 11 is 1.34. The van der Waals surface area contributed by atoms with Crippen LogP contribution >= 0.6 is 11.8 Å². The van der Waals surface area contributed by atoms with Gasteiger partial charge in [0.05, 0.1) is 60.7 Å². The molecule has 6 aromatic carbocycles. The summed E-state index contributed by atoms with van der Waals surface area (Å²) in [5, 5.41) is 16.8. The molecule has 0 saturated carbocycles. The molecule has 22 nitrogen and oxygen atoms in total. The lowest BCUT2D eigenvalue weighted by molar-refractivity contribution is 0.0591. The number of hydrogen-bond acceptors (Lipinski definition) is 19. The summed E-state index contributed by atoms with van der Waals surface area (Å²) < 4.78 is 120. The average molecular weight is 1410 g/mol. The minimum atomic E-state index is -4.03. The number of methoxy groups -OCH3 is 2. The number of aromatic carboxylic acids is 1. The van der Waals surface area contributed by atoms with Crippen molar-refractivity contribution in [3.63, 3.8) is 0 Å². The molecule has 3 aromatic heterocycles. The number of ether oxygens (including phenoxy) is 5. The van der Waals surface area contributed by atoms with Crippen molar-refractivity contribution in [1.82, 2.24) is 15.0 Å². The quantitative estimate of drug-likeness (QED) is 0.0323. The fourth-order valence-electron chi connectivity index (χ4n) is 8.93. The number of rotatable bonds is 24. The fraction of sp³-hybridized carbons (Fsp3) is 0.197. The molecule has 28 heteroatoms. The van der Waals surface area contributed by atoms with E-state index < -0.39 is 82.3 Å². The number of carbonyl (C=O) groups is 6. The Balaban J connectivity index is 0.000000209. The van der Waals surface area contributed by atoms with E-state index in [2.05, 4.69) is 40.4 Å². The van der Waals surface area contributed by atoms with Crippen LogP contribution in [0.1, 0.15) is 120 Å². The van der Waals surface area contributed by atoms with Gasteiger partial charge < -0.3 is 44.7 Å². The molecule has 0 atom stereocenters. The number of carbonyl (C=O) groups excluding carboxylic acids is 5. The van der Waals surface area contributed by atoms with Crippen molar-refractivity contribution in [2.75, 3.05) is 30.2 Å². The summed E-state index contributed by atoms with van der Waals surface area (Å²) in [6, 6.07) is 39.1. The number of pyridine rings is 3. The van der Waals surface area contributed by atoms with Crippen LogP contribution in [0.3, 0.4) is 0 Å². The van der Waals surface area contributed by atoms with Gasteiger partial charge in [0.1, 0.15) is 61.9 Å². The van der Waals surface area contributed by atoms with Crippen LogP contribution in [0.25, 0.3) is 0 Å². The van der Waals surface area contributed by atoms with Gasteiger partial charge in [-0.15, -0.1) is 11.8 Å². The first-order chi connectivity index (χ1) is 47.0. The molecular formula is C71H67F3N6O16S3. The molecule has 0 bridgehead atoms. The standard InChI is InChI=1S/C24H23FN2O6S.C24H23FN2O4S.C23H21FN2O6S/c1-15(2)33-19-11-16(14-34(30,31)21-7-5-4-6-20(21)25)10-18(12-19)23(28)27-22-9-8-17(13-26-22)24(29)32-3;1-15(2)31-19-11-16(14-32-21-7-5-4-6-20(21)25)10-18(12-19)23(28)27-22-9-8-17(13-26-22)24(29)30-3;1-14(2)32-18-10-15(13-33(30,31)20-6-4-3-5-19(20)24)9-17(11-18)22(27)26-21-8-7-16(12-25-21)23(28)29/h4-13,15H,14H2,1-3H3,(H,26,27,28);4-13,15H,14H2,1-3H3,(H,26,27,28);3-12,14H,13H2,1-2H3,(H,28,29)(H,25,26,27). The van der Waals surface area contributed by atoms with Crippen LogP contribution in [0, 0.1) is 17.5 Å². The number of amides is 3. The first-order valence-electron chi connectivity index (χ1n) is 30.0. The molecule has 0 radical (unpaired) electrons. The first-order valence-corrected chi connectivity index (χ1v) is 34.2. The fourth-order valence-corrected chi connectivity index (χ4v) is 12.6. The zero-order chi connectivity index (χ0) is 72.1. The van der Waals surface area contributed by atoms with Gasteiger partial charge in [-0.1, -0.05) is 36.4 Å². The van der Waals surface area contributed by atoms with Crippen LogP contribution in [0.4, 0.5) is 30.6 Å². The number of thioether (sulfide) groups is 1. The largest absolute Gasteiger partial charge is 0.491 e. The highest BCUT2D eigenvalue weighted by molar-refractivity contribution is 7.98. The molecule has 3 heterocycles. The van der Waals surface area contributed by atoms with Crippen molar-refractivity contribution in [3.05, 3.63) is 250 Å². The summed E-state index contributed by atoms with van der Waals surface area (Å²) in [7, 11) is -5.53. The van der Waals surface area contributed by atoms with E-state index >= 15 is 0 Å². The Morgan fingerprint density at radius 1 is 0.434 bits per heavy atom. The SMILES string of the molecule is CC(C)Oc1cc(CS(=O)(=O)c2ccccc2F)cc(C(=O)Nc2ccc(C(=O)O)cn2)c1.COC(=O)c1ccc(NC(=O)c2cc(CS(=O)(=O)c3ccccc3F)cc(OC(C)C)c2)nc1.COC(=O)c1ccc(NC(=O)c2cc(CSc3ccccc3F)cc(OC(C)C)c2)nc1. The van der Waals surface area contributed by atoms with Crippen molar-refractivity contribution in [2.45, 2.75) is 91.8 Å². The molecule has 0 unspecified atom stereocenters. The number of sulfone groups is 2. The number of esters is 2. The van der Waals surface area contributed by atoms with Gasteiger partial charge >= 0.3 is 17.9 Å². The Morgan fingerprint density at radius 3 is 1.09 bits per heavy atom. The third-order valence-corrected chi connectivity index (χ3v) is 17.7. The van der Waals surface area contributed by atoms with Crippen LogP contribution in [0.15, 0.2) is 197 Å². The third kappa shape index (κ3) is 22.6. The highest BCUT2D eigenvalue weighted by Gasteiger charge is 2.24. The second kappa shape index (κ2) is 34.8. The van der Waals surface area contributed by atoms with Crippen molar-refractivity contribution >= 4 is 84.5 Å². The van der Waals surface area contributed by atoms with E-state index in [9.17, 15) is 58.8 Å². The number of aromatic nitrogens is 3. The lowest BCUT2D eigenvalue weighted by Gasteiger charge is -2.14. The number of hydrogen-bond donors (Lipinski definition) is 4. The number of carboxylic acids is 1. The molecule has 9 aromatic rings. The Hall–Kier alpha value is -11.0. The summed E-state index contributed by atoms with van der Waals surface area (Å²) in [4.78, 5) is 84.1. The molecular weight excluding hydrogens is 1350 g/mol. The second-order valence-corrected chi connectivity index (χ2v) is 27.1. The number of anilines is 3. The van der Waals surface area contributed by atoms with Crippen LogP contribution in [-0.2, 0) is 46.4 Å². The van der Waals surface area contributed by atoms with Crippen LogP contribution in [0.2, 0.25) is 0 Å². The van der Waals surface area contributed by atoms with E-state index in [1.165, 1.54) is 154 Å². The summed E-state index contributed by atoms with van der Waals surface area (Å²) in [5.74, 6) is -4.72. The summed E-state index contributed by atoms with van der Waals surface area (Å²) in [6.07, 6.45) is 3.13. The molecule has 99 heavy (non-hydrogen) atoms. The maximum atomic E-state index is 14.1. The average Bonchev–Trinajstić information content (AvgIpc) is 0.814. The Morgan fingerprint density at radius 2 is 0.768 bits per heavy atom. The van der Waals surface area contributed by atoms with E-state index in [1.807, 2.05) is 19.9 Å². The molecule has 9 rings (SSSR count). The highest BCUT2D eigenvalue weighted by Crippen LogP contribution is 2.31. The van der Waals surface area contributed by atoms with Crippen molar-refractivity contribution < 1.29 is 87.6 Å². The molecule has 516 valence electrons. The van der Waals surface area contributed by atoms with Crippen LogP contribution in [0.5, 0.6) is 17.2 Å². The van der Waals surface area contributed by atoms with E-state index in [-0.39, 0.29) is 92.1 Å². The number of carboxylic acid groups (broad SMARTS) is 1. The van der Waals surface area contributed by atoms with Crippen LogP contribution in [-0.4, -0.2) is 105 Å². The molecule has 0 fully saturated rings. The van der Waals surface area contributed by atoms with Crippen molar-refractivity contribution in [1.29, 1.82) is 0 Å². The molecule has 0 aliphatic carbocycles. The van der Waals surface area contributed by atoms with Gasteiger partial charge in [-0.05, 0) is 186 Å². The van der Waals surface area contributed by atoms with Crippen molar-refractivity contribution in [3.8, 4) is 17.2 Å². The number of benzene rings is 6. The monoisotopic (exact) mass is 1410 g/mol. The normalized spacial score (nSPS) is 11.1. The Labute approximate surface area is 573 Å². The van der Waals surface area contributed by atoms with Gasteiger partial charge in [-0.2, -0.15) is 0 Å². The van der Waals surface area contributed by atoms with Crippen LogP contribution < -0.4 is 30.2 Å². The number of halogens is 3. The topological polar surface area (TPSA) is 312 Å². The predicted molar refractivity (Wildman–Crippen MR) is 363 cm³/mol. The van der Waals surface area contributed by atoms with E-state index in [4.69, 9.17) is 19.3 Å². The molecule has 0 saturated heterocycles. The van der Waals surface area contributed by atoms with Gasteiger partial charge in [0.15, 0.2) is 19.7 Å². The molecule has 3 amide bonds. The minimum Gasteiger partial charge on any atom is -0.491 e. The third-order valence-electron chi connectivity index (χ3n) is 13.2. The van der Waals surface area contributed by atoms with Gasteiger partial charge in [0.25, 0.3) is 17.7 Å². The molecule has 0 spiro atoms. The first kappa shape index (κ1) is 75.4. The lowest BCUT2D eigenvalue weighted by atomic mass is 10.1. The molecule has 0 aliphatic rings. The summed E-state index contributed by atoms with van der Waals surface area (Å²) in [5.41, 5.74) is 2.35. The van der Waals surface area contributed by atoms with Crippen molar-refractivity contribution in [2.24, 2.45) is 0 Å². The van der Waals surface area contributed by atoms with Gasteiger partial charge in [-0.25, -0.2) is 59.3 Å². The Bertz CT molecular complexity index is 4620. The van der Waals surface area contributed by atoms with E-state index in [0.717, 1.165) is 23.9 Å². The van der Waals surface area contributed by atoms with Gasteiger partial charge in [-0.3, -0.25) is 14.4 Å². The maximum Gasteiger partial charge on any atom is 0.339 e. The molecule has 4 N–H and O–H groups in total. The van der Waals surface area contributed by atoms with Gasteiger partial charge in [0.2, 0.25) is 0 Å².